The lowest BCUT2D eigenvalue weighted by Gasteiger charge is -2.20. The van der Waals surface area contributed by atoms with E-state index in [2.05, 4.69) is 5.43 Å². The van der Waals surface area contributed by atoms with Crippen LogP contribution in [-0.4, -0.2) is 10.6 Å². The number of carbonyl (C=O) groups is 1. The Morgan fingerprint density at radius 2 is 1.95 bits per heavy atom. The lowest BCUT2D eigenvalue weighted by atomic mass is 9.89. The summed E-state index contributed by atoms with van der Waals surface area (Å²) in [7, 11) is 0. The van der Waals surface area contributed by atoms with Gasteiger partial charge in [0.15, 0.2) is 0 Å². The smallest absolute Gasteiger partial charge is 0.408 e. The predicted octanol–water partition coefficient (Wildman–Crippen LogP) is 2.26. The Morgan fingerprint density at radius 3 is 2.68 bits per heavy atom. The second-order valence-corrected chi connectivity index (χ2v) is 5.90. The normalized spacial score (nSPS) is 15.9. The summed E-state index contributed by atoms with van der Waals surface area (Å²) in [6, 6.07) is 4.39. The molecule has 116 valence electrons. The molecule has 3 rings (SSSR count). The van der Waals surface area contributed by atoms with Gasteiger partial charge >= 0.3 is 5.76 Å². The Kier molecular flexibility index (Phi) is 4.02. The highest BCUT2D eigenvalue weighted by atomic mass is 35.5. The van der Waals surface area contributed by atoms with E-state index < -0.39 is 11.3 Å². The molecule has 0 aliphatic heterocycles. The molecule has 0 saturated heterocycles. The highest BCUT2D eigenvalue weighted by Gasteiger charge is 2.22. The minimum Gasteiger partial charge on any atom is -0.408 e. The number of nitrogens with one attached hydrogen (secondary N) is 1. The molecule has 1 aromatic heterocycles. The van der Waals surface area contributed by atoms with Gasteiger partial charge in [-0.3, -0.25) is 15.0 Å². The lowest BCUT2D eigenvalue weighted by molar-refractivity contribution is -0.121. The largest absolute Gasteiger partial charge is 0.441 e. The summed E-state index contributed by atoms with van der Waals surface area (Å²) in [6.45, 7) is 0. The number of halogens is 1. The molecule has 1 aliphatic carbocycles. The molecule has 6 nitrogen and oxygen atoms in total. The third kappa shape index (κ3) is 2.78. The molecule has 1 heterocycles. The van der Waals surface area contributed by atoms with E-state index in [9.17, 15) is 14.4 Å². The first-order chi connectivity index (χ1) is 10.6. The summed E-state index contributed by atoms with van der Waals surface area (Å²) in [5, 5.41) is 0.500. The summed E-state index contributed by atoms with van der Waals surface area (Å²) < 4.78 is 5.67. The zero-order valence-corrected chi connectivity index (χ0v) is 12.6. The van der Waals surface area contributed by atoms with Crippen LogP contribution in [0, 0.1) is 5.92 Å². The molecule has 0 bridgehead atoms. The first-order valence-electron chi connectivity index (χ1n) is 7.22. The summed E-state index contributed by atoms with van der Waals surface area (Å²) >= 11 is 5.85. The van der Waals surface area contributed by atoms with Crippen LogP contribution in [0.5, 0.6) is 0 Å². The Balaban J connectivity index is 1.98. The number of rotatable bonds is 2. The van der Waals surface area contributed by atoms with Gasteiger partial charge in [-0.15, -0.1) is 4.68 Å². The van der Waals surface area contributed by atoms with Crippen molar-refractivity contribution in [3.8, 4) is 0 Å². The molecule has 1 aromatic carbocycles. The van der Waals surface area contributed by atoms with E-state index in [1.165, 1.54) is 18.2 Å². The summed E-state index contributed by atoms with van der Waals surface area (Å²) in [4.78, 5) is 36.5. The van der Waals surface area contributed by atoms with Gasteiger partial charge < -0.3 is 4.42 Å². The van der Waals surface area contributed by atoms with Gasteiger partial charge in [0.1, 0.15) is 5.58 Å². The quantitative estimate of drug-likeness (QED) is 0.919. The van der Waals surface area contributed by atoms with Crippen molar-refractivity contribution in [3.05, 3.63) is 44.1 Å². The zero-order chi connectivity index (χ0) is 15.7. The molecule has 1 aliphatic rings. The number of benzene rings is 1. The number of aromatic nitrogens is 1. The summed E-state index contributed by atoms with van der Waals surface area (Å²) in [6.07, 6.45) is 4.61. The minimum atomic E-state index is -0.913. The summed E-state index contributed by atoms with van der Waals surface area (Å²) in [5.74, 6) is -1.41. The number of fused-ring (bicyclic) bond motifs is 1. The average Bonchev–Trinajstić information content (AvgIpc) is 2.53. The molecule has 1 saturated carbocycles. The van der Waals surface area contributed by atoms with Gasteiger partial charge in [-0.1, -0.05) is 30.9 Å². The van der Waals surface area contributed by atoms with Gasteiger partial charge in [0.05, 0.1) is 5.39 Å². The third-order valence-electron chi connectivity index (χ3n) is 3.95. The van der Waals surface area contributed by atoms with Crippen LogP contribution in [0.25, 0.3) is 11.0 Å². The van der Waals surface area contributed by atoms with Crippen LogP contribution in [0.2, 0.25) is 5.02 Å². The fraction of sp³-hybridized carbons (Fsp3) is 0.400. The average molecular weight is 323 g/mol. The second-order valence-electron chi connectivity index (χ2n) is 5.46. The van der Waals surface area contributed by atoms with Crippen molar-refractivity contribution in [2.24, 2.45) is 5.92 Å². The first kappa shape index (κ1) is 14.8. The van der Waals surface area contributed by atoms with Crippen molar-refractivity contribution in [2.45, 2.75) is 32.1 Å². The Morgan fingerprint density at radius 1 is 1.23 bits per heavy atom. The molecule has 1 amide bonds. The van der Waals surface area contributed by atoms with Gasteiger partial charge in [-0.2, -0.15) is 0 Å². The van der Waals surface area contributed by atoms with E-state index in [1.54, 1.807) is 0 Å². The Bertz CT molecular complexity index is 834. The number of amides is 1. The van der Waals surface area contributed by atoms with E-state index in [4.69, 9.17) is 16.0 Å². The van der Waals surface area contributed by atoms with Crippen molar-refractivity contribution in [1.82, 2.24) is 4.68 Å². The van der Waals surface area contributed by atoms with Crippen molar-refractivity contribution < 1.29 is 9.21 Å². The molecular formula is C15H15ClN2O4. The van der Waals surface area contributed by atoms with E-state index in [0.717, 1.165) is 32.1 Å². The maximum Gasteiger partial charge on any atom is 0.441 e. The number of nitrogens with zero attached hydrogens (tertiary/aromatic N) is 1. The van der Waals surface area contributed by atoms with Crippen LogP contribution in [0.1, 0.15) is 32.1 Å². The molecule has 0 unspecified atom stereocenters. The monoisotopic (exact) mass is 322 g/mol. The molecule has 22 heavy (non-hydrogen) atoms. The van der Waals surface area contributed by atoms with Gasteiger partial charge in [0.25, 0.3) is 5.56 Å². The SMILES string of the molecule is O=C(Nn1c(=O)oc2ccc(Cl)cc2c1=O)C1CCCCC1. The van der Waals surface area contributed by atoms with Crippen LogP contribution in [0.3, 0.4) is 0 Å². The molecule has 1 N–H and O–H groups in total. The van der Waals surface area contributed by atoms with Crippen molar-refractivity contribution in [2.75, 3.05) is 5.43 Å². The topological polar surface area (TPSA) is 81.3 Å². The lowest BCUT2D eigenvalue weighted by Crippen LogP contribution is -2.44. The highest BCUT2D eigenvalue weighted by Crippen LogP contribution is 2.23. The van der Waals surface area contributed by atoms with Gasteiger partial charge in [-0.25, -0.2) is 4.79 Å². The number of hydrogen-bond acceptors (Lipinski definition) is 4. The van der Waals surface area contributed by atoms with Crippen LogP contribution >= 0.6 is 11.6 Å². The van der Waals surface area contributed by atoms with E-state index >= 15 is 0 Å². The fourth-order valence-electron chi connectivity index (χ4n) is 2.76. The minimum absolute atomic E-state index is 0.141. The molecule has 7 heteroatoms. The van der Waals surface area contributed by atoms with E-state index in [1.807, 2.05) is 0 Å². The van der Waals surface area contributed by atoms with E-state index in [-0.39, 0.29) is 22.8 Å². The van der Waals surface area contributed by atoms with E-state index in [0.29, 0.717) is 9.70 Å². The maximum atomic E-state index is 12.3. The highest BCUT2D eigenvalue weighted by molar-refractivity contribution is 6.31. The molecule has 0 radical (unpaired) electrons. The van der Waals surface area contributed by atoms with Gasteiger partial charge in [0.2, 0.25) is 5.91 Å². The van der Waals surface area contributed by atoms with Crippen molar-refractivity contribution in [1.29, 1.82) is 0 Å². The second kappa shape index (κ2) is 5.96. The number of hydrogen-bond donors (Lipinski definition) is 1. The first-order valence-corrected chi connectivity index (χ1v) is 7.60. The van der Waals surface area contributed by atoms with Crippen molar-refractivity contribution >= 4 is 28.5 Å². The zero-order valence-electron chi connectivity index (χ0n) is 11.8. The van der Waals surface area contributed by atoms with Crippen molar-refractivity contribution in [3.63, 3.8) is 0 Å². The standard InChI is InChI=1S/C15H15ClN2O4/c16-10-6-7-12-11(8-10)14(20)18(15(21)22-12)17-13(19)9-4-2-1-3-5-9/h6-9H,1-5H2,(H,17,19). The Labute approximate surface area is 130 Å². The Hall–Kier alpha value is -2.08. The van der Waals surface area contributed by atoms with Crippen LogP contribution in [0.15, 0.2) is 32.2 Å². The van der Waals surface area contributed by atoms with Crippen LogP contribution in [-0.2, 0) is 4.79 Å². The molecule has 2 aromatic rings. The maximum absolute atomic E-state index is 12.3. The van der Waals surface area contributed by atoms with Gasteiger partial charge in [-0.05, 0) is 31.0 Å². The van der Waals surface area contributed by atoms with Gasteiger partial charge in [0, 0.05) is 10.9 Å². The van der Waals surface area contributed by atoms with Crippen LogP contribution < -0.4 is 16.7 Å². The predicted molar refractivity (Wildman–Crippen MR) is 82.7 cm³/mol. The third-order valence-corrected chi connectivity index (χ3v) is 4.19. The fourth-order valence-corrected chi connectivity index (χ4v) is 2.94. The molecule has 0 spiro atoms. The van der Waals surface area contributed by atoms with Crippen LogP contribution in [0.4, 0.5) is 0 Å². The molecule has 1 fully saturated rings. The number of carbonyl (C=O) groups excluding carboxylic acids is 1. The summed E-state index contributed by atoms with van der Waals surface area (Å²) in [5.41, 5.74) is 1.88. The molecular weight excluding hydrogens is 308 g/mol. The molecule has 0 atom stereocenters.